The lowest BCUT2D eigenvalue weighted by Gasteiger charge is -2.31. The highest BCUT2D eigenvalue weighted by Gasteiger charge is 2.28. The lowest BCUT2D eigenvalue weighted by atomic mass is 9.87. The Kier molecular flexibility index (Phi) is 2.99. The van der Waals surface area contributed by atoms with Gasteiger partial charge in [-0.2, -0.15) is 0 Å². The molecule has 4 nitrogen and oxygen atoms in total. The number of ether oxygens (including phenoxy) is 1. The van der Waals surface area contributed by atoms with Gasteiger partial charge in [-0.05, 0) is 12.0 Å². The van der Waals surface area contributed by atoms with Crippen LogP contribution in [0.1, 0.15) is 22.5 Å². The third kappa shape index (κ3) is 2.28. The number of Topliss-reactive ketones (excluding diaryl/α,β-unsaturated/α-hetero) is 1. The van der Waals surface area contributed by atoms with Crippen LogP contribution >= 0.6 is 0 Å². The molecule has 1 aromatic heterocycles. The summed E-state index contributed by atoms with van der Waals surface area (Å²) in [7, 11) is 0. The van der Waals surface area contributed by atoms with Crippen LogP contribution in [-0.2, 0) is 11.2 Å². The van der Waals surface area contributed by atoms with Gasteiger partial charge < -0.3 is 9.15 Å². The highest BCUT2D eigenvalue weighted by Crippen LogP contribution is 2.27. The molecular formula is C13H17NO3. The van der Waals surface area contributed by atoms with E-state index in [0.29, 0.717) is 12.3 Å². The van der Waals surface area contributed by atoms with Crippen LogP contribution in [0, 0.1) is 5.92 Å². The highest BCUT2D eigenvalue weighted by molar-refractivity contribution is 5.98. The molecule has 17 heavy (non-hydrogen) atoms. The Morgan fingerprint density at radius 2 is 2.12 bits per heavy atom. The lowest BCUT2D eigenvalue weighted by molar-refractivity contribution is 0.0292. The van der Waals surface area contributed by atoms with Crippen LogP contribution in [0.4, 0.5) is 0 Å². The summed E-state index contributed by atoms with van der Waals surface area (Å²) in [6.45, 7) is 4.57. The number of carbonyl (C=O) groups is 1. The predicted octanol–water partition coefficient (Wildman–Crippen LogP) is 1.36. The van der Waals surface area contributed by atoms with Crippen LogP contribution in [0.15, 0.2) is 16.7 Å². The first kappa shape index (κ1) is 11.0. The molecule has 0 amide bonds. The number of carbonyl (C=O) groups excluding carboxylic acids is 1. The van der Waals surface area contributed by atoms with E-state index in [-0.39, 0.29) is 5.78 Å². The summed E-state index contributed by atoms with van der Waals surface area (Å²) in [6, 6.07) is 1.79. The summed E-state index contributed by atoms with van der Waals surface area (Å²) in [6.07, 6.45) is 3.18. The Labute approximate surface area is 101 Å². The summed E-state index contributed by atoms with van der Waals surface area (Å²) < 4.78 is 10.7. The topological polar surface area (TPSA) is 42.7 Å². The number of hydrogen-bond donors (Lipinski definition) is 0. The van der Waals surface area contributed by atoms with Crippen LogP contribution in [0.2, 0.25) is 0 Å². The number of nitrogens with zero attached hydrogens (tertiary/aromatic N) is 1. The lowest BCUT2D eigenvalue weighted by Crippen LogP contribution is -2.40. The Morgan fingerprint density at radius 1 is 1.29 bits per heavy atom. The number of fused-ring (bicyclic) bond motifs is 1. The number of hydrogen-bond acceptors (Lipinski definition) is 4. The minimum Gasteiger partial charge on any atom is -0.469 e. The molecule has 4 heteroatoms. The van der Waals surface area contributed by atoms with Crippen molar-refractivity contribution in [1.29, 1.82) is 0 Å². The van der Waals surface area contributed by atoms with Gasteiger partial charge >= 0.3 is 0 Å². The molecule has 0 unspecified atom stereocenters. The van der Waals surface area contributed by atoms with Crippen LogP contribution in [-0.4, -0.2) is 43.5 Å². The maximum absolute atomic E-state index is 11.9. The van der Waals surface area contributed by atoms with E-state index in [1.54, 1.807) is 12.3 Å². The first-order valence-electron chi connectivity index (χ1n) is 6.22. The van der Waals surface area contributed by atoms with Gasteiger partial charge in [0.05, 0.1) is 25.0 Å². The summed E-state index contributed by atoms with van der Waals surface area (Å²) in [5.41, 5.74) is 0.795. The van der Waals surface area contributed by atoms with Gasteiger partial charge in [0, 0.05) is 32.5 Å². The SMILES string of the molecule is O=C1C[C@H](CN2CCOCC2)Cc2occc21. The molecule has 2 aliphatic rings. The third-order valence-corrected chi connectivity index (χ3v) is 3.61. The second kappa shape index (κ2) is 4.63. The second-order valence-corrected chi connectivity index (χ2v) is 4.87. The van der Waals surface area contributed by atoms with E-state index in [4.69, 9.17) is 9.15 Å². The largest absolute Gasteiger partial charge is 0.469 e. The van der Waals surface area contributed by atoms with Gasteiger partial charge in [-0.1, -0.05) is 0 Å². The standard InChI is InChI=1S/C13H17NO3/c15-12-7-10(8-13-11(12)1-4-17-13)9-14-2-5-16-6-3-14/h1,4,10H,2-3,5-9H2/t10-/m0/s1. The highest BCUT2D eigenvalue weighted by atomic mass is 16.5. The molecule has 1 aliphatic heterocycles. The van der Waals surface area contributed by atoms with Crippen molar-refractivity contribution in [2.45, 2.75) is 12.8 Å². The van der Waals surface area contributed by atoms with Crippen molar-refractivity contribution < 1.29 is 13.9 Å². The Bertz CT molecular complexity index is 407. The smallest absolute Gasteiger partial charge is 0.166 e. The zero-order valence-corrected chi connectivity index (χ0v) is 9.85. The zero-order valence-electron chi connectivity index (χ0n) is 9.85. The molecule has 1 fully saturated rings. The van der Waals surface area contributed by atoms with Crippen molar-refractivity contribution in [2.24, 2.45) is 5.92 Å². The van der Waals surface area contributed by atoms with Gasteiger partial charge in [-0.15, -0.1) is 0 Å². The quantitative estimate of drug-likeness (QED) is 0.776. The monoisotopic (exact) mass is 235 g/mol. The first-order chi connectivity index (χ1) is 8.33. The van der Waals surface area contributed by atoms with Crippen molar-refractivity contribution in [2.75, 3.05) is 32.8 Å². The van der Waals surface area contributed by atoms with E-state index in [1.807, 2.05) is 0 Å². The van der Waals surface area contributed by atoms with E-state index >= 15 is 0 Å². The van der Waals surface area contributed by atoms with Crippen LogP contribution in [0.5, 0.6) is 0 Å². The average molecular weight is 235 g/mol. The minimum atomic E-state index is 0.234. The summed E-state index contributed by atoms with van der Waals surface area (Å²) in [4.78, 5) is 14.3. The molecule has 0 radical (unpaired) electrons. The van der Waals surface area contributed by atoms with Crippen molar-refractivity contribution in [3.63, 3.8) is 0 Å². The molecule has 3 rings (SSSR count). The fourth-order valence-electron chi connectivity index (χ4n) is 2.73. The van der Waals surface area contributed by atoms with Gasteiger partial charge in [0.2, 0.25) is 0 Å². The van der Waals surface area contributed by atoms with Crippen molar-refractivity contribution in [1.82, 2.24) is 4.90 Å². The van der Waals surface area contributed by atoms with Gasteiger partial charge in [-0.3, -0.25) is 9.69 Å². The minimum absolute atomic E-state index is 0.234. The molecule has 92 valence electrons. The van der Waals surface area contributed by atoms with Crippen molar-refractivity contribution in [3.05, 3.63) is 23.7 Å². The average Bonchev–Trinajstić information content (AvgIpc) is 2.79. The molecule has 0 spiro atoms. The fraction of sp³-hybridized carbons (Fsp3) is 0.615. The second-order valence-electron chi connectivity index (χ2n) is 4.87. The Morgan fingerprint density at radius 3 is 2.94 bits per heavy atom. The van der Waals surface area contributed by atoms with Gasteiger partial charge in [0.1, 0.15) is 5.76 Å². The Hall–Kier alpha value is -1.13. The third-order valence-electron chi connectivity index (χ3n) is 3.61. The molecule has 1 saturated heterocycles. The molecule has 0 N–H and O–H groups in total. The summed E-state index contributed by atoms with van der Waals surface area (Å²) in [5.74, 6) is 1.51. The first-order valence-corrected chi connectivity index (χ1v) is 6.22. The van der Waals surface area contributed by atoms with E-state index in [2.05, 4.69) is 4.90 Å². The molecule has 1 atom stereocenters. The van der Waals surface area contributed by atoms with E-state index in [1.165, 1.54) is 0 Å². The van der Waals surface area contributed by atoms with E-state index in [0.717, 1.165) is 50.6 Å². The normalized spacial score (nSPS) is 25.9. The zero-order chi connectivity index (χ0) is 11.7. The van der Waals surface area contributed by atoms with Gasteiger partial charge in [0.15, 0.2) is 5.78 Å². The molecular weight excluding hydrogens is 218 g/mol. The van der Waals surface area contributed by atoms with Gasteiger partial charge in [-0.25, -0.2) is 0 Å². The molecule has 1 aliphatic carbocycles. The summed E-state index contributed by atoms with van der Waals surface area (Å²) in [5, 5.41) is 0. The molecule has 0 aromatic carbocycles. The summed E-state index contributed by atoms with van der Waals surface area (Å²) >= 11 is 0. The molecule has 1 aromatic rings. The van der Waals surface area contributed by atoms with Gasteiger partial charge in [0.25, 0.3) is 0 Å². The van der Waals surface area contributed by atoms with Crippen LogP contribution in [0.25, 0.3) is 0 Å². The number of ketones is 1. The number of morpholine rings is 1. The van der Waals surface area contributed by atoms with Crippen molar-refractivity contribution in [3.8, 4) is 0 Å². The molecule has 0 bridgehead atoms. The van der Waals surface area contributed by atoms with E-state index in [9.17, 15) is 4.79 Å². The van der Waals surface area contributed by atoms with Crippen LogP contribution < -0.4 is 0 Å². The number of rotatable bonds is 2. The van der Waals surface area contributed by atoms with Crippen molar-refractivity contribution >= 4 is 5.78 Å². The Balaban J connectivity index is 1.64. The predicted molar refractivity (Wildman–Crippen MR) is 62.1 cm³/mol. The number of furan rings is 1. The maximum Gasteiger partial charge on any atom is 0.166 e. The maximum atomic E-state index is 11.9. The molecule has 0 saturated carbocycles. The molecule has 2 heterocycles. The van der Waals surface area contributed by atoms with Crippen LogP contribution in [0.3, 0.4) is 0 Å². The fourth-order valence-corrected chi connectivity index (χ4v) is 2.73. The van der Waals surface area contributed by atoms with E-state index < -0.39 is 0 Å².